The second kappa shape index (κ2) is 4.85. The standard InChI is InChI=1S/C13H20N2O/c1-10-7-15(8-11(2)14-10)9-12-5-3-4-6-13(12)16/h3-6,10-11,14,16H,7-9H2,1-2H3. The number of piperazine rings is 1. The molecular formula is C13H20N2O. The monoisotopic (exact) mass is 220 g/mol. The summed E-state index contributed by atoms with van der Waals surface area (Å²) in [7, 11) is 0. The third-order valence-electron chi connectivity index (χ3n) is 3.02. The summed E-state index contributed by atoms with van der Waals surface area (Å²) in [6.07, 6.45) is 0. The summed E-state index contributed by atoms with van der Waals surface area (Å²) in [6.45, 7) is 7.32. The quantitative estimate of drug-likeness (QED) is 0.794. The first-order chi connectivity index (χ1) is 7.65. The van der Waals surface area contributed by atoms with E-state index in [9.17, 15) is 5.11 Å². The molecule has 1 saturated heterocycles. The molecule has 3 heteroatoms. The number of nitrogens with zero attached hydrogens (tertiary/aromatic N) is 1. The maximum atomic E-state index is 9.73. The zero-order valence-electron chi connectivity index (χ0n) is 9.98. The van der Waals surface area contributed by atoms with Gasteiger partial charge >= 0.3 is 0 Å². The van der Waals surface area contributed by atoms with Gasteiger partial charge < -0.3 is 10.4 Å². The van der Waals surface area contributed by atoms with Gasteiger partial charge in [0.1, 0.15) is 5.75 Å². The maximum Gasteiger partial charge on any atom is 0.120 e. The fourth-order valence-electron chi connectivity index (χ4n) is 2.45. The van der Waals surface area contributed by atoms with E-state index in [2.05, 4.69) is 24.1 Å². The molecule has 16 heavy (non-hydrogen) atoms. The molecule has 1 aromatic rings. The number of rotatable bonds is 2. The number of aromatic hydroxyl groups is 1. The Kier molecular flexibility index (Phi) is 3.46. The van der Waals surface area contributed by atoms with Crippen LogP contribution in [0.25, 0.3) is 0 Å². The Labute approximate surface area is 97.1 Å². The summed E-state index contributed by atoms with van der Waals surface area (Å²) >= 11 is 0. The van der Waals surface area contributed by atoms with Crippen LogP contribution in [0.4, 0.5) is 0 Å². The number of benzene rings is 1. The first-order valence-electron chi connectivity index (χ1n) is 5.90. The van der Waals surface area contributed by atoms with Gasteiger partial charge in [-0.1, -0.05) is 18.2 Å². The van der Waals surface area contributed by atoms with Crippen LogP contribution in [0.2, 0.25) is 0 Å². The minimum Gasteiger partial charge on any atom is -0.508 e. The molecule has 2 atom stereocenters. The number of hydrogen-bond donors (Lipinski definition) is 2. The van der Waals surface area contributed by atoms with E-state index in [-0.39, 0.29) is 0 Å². The molecule has 0 bridgehead atoms. The SMILES string of the molecule is CC1CN(Cc2ccccc2O)CC(C)N1. The molecule has 1 aliphatic heterocycles. The predicted molar refractivity (Wildman–Crippen MR) is 65.4 cm³/mol. The third-order valence-corrected chi connectivity index (χ3v) is 3.02. The van der Waals surface area contributed by atoms with Gasteiger partial charge in [-0.3, -0.25) is 4.90 Å². The Hall–Kier alpha value is -1.06. The summed E-state index contributed by atoms with van der Waals surface area (Å²) in [5, 5.41) is 13.2. The molecule has 1 fully saturated rings. The average Bonchev–Trinajstić information content (AvgIpc) is 2.20. The molecule has 2 N–H and O–H groups in total. The predicted octanol–water partition coefficient (Wildman–Crippen LogP) is 1.57. The van der Waals surface area contributed by atoms with Gasteiger partial charge in [-0.25, -0.2) is 0 Å². The summed E-state index contributed by atoms with van der Waals surface area (Å²) < 4.78 is 0. The van der Waals surface area contributed by atoms with Crippen LogP contribution < -0.4 is 5.32 Å². The highest BCUT2D eigenvalue weighted by molar-refractivity contribution is 5.31. The highest BCUT2D eigenvalue weighted by Crippen LogP contribution is 2.18. The summed E-state index contributed by atoms with van der Waals surface area (Å²) in [5.41, 5.74) is 1.02. The van der Waals surface area contributed by atoms with E-state index in [0.29, 0.717) is 17.8 Å². The smallest absolute Gasteiger partial charge is 0.120 e. The number of para-hydroxylation sites is 1. The molecule has 2 unspecified atom stereocenters. The van der Waals surface area contributed by atoms with Crippen molar-refractivity contribution in [2.24, 2.45) is 0 Å². The lowest BCUT2D eigenvalue weighted by molar-refractivity contribution is 0.165. The Balaban J connectivity index is 2.02. The van der Waals surface area contributed by atoms with Crippen molar-refractivity contribution in [1.82, 2.24) is 10.2 Å². The molecule has 0 aliphatic carbocycles. The fourth-order valence-corrected chi connectivity index (χ4v) is 2.45. The molecule has 1 heterocycles. The number of phenols is 1. The summed E-state index contributed by atoms with van der Waals surface area (Å²) in [4.78, 5) is 2.39. The van der Waals surface area contributed by atoms with Crippen molar-refractivity contribution in [3.63, 3.8) is 0 Å². The van der Waals surface area contributed by atoms with Crippen LogP contribution in [0.15, 0.2) is 24.3 Å². The second-order valence-corrected chi connectivity index (χ2v) is 4.79. The maximum absolute atomic E-state index is 9.73. The largest absolute Gasteiger partial charge is 0.508 e. The van der Waals surface area contributed by atoms with Gasteiger partial charge in [0.15, 0.2) is 0 Å². The van der Waals surface area contributed by atoms with Gasteiger partial charge in [-0.15, -0.1) is 0 Å². The topological polar surface area (TPSA) is 35.5 Å². The van der Waals surface area contributed by atoms with Crippen molar-refractivity contribution in [3.05, 3.63) is 29.8 Å². The van der Waals surface area contributed by atoms with E-state index in [1.54, 1.807) is 6.07 Å². The van der Waals surface area contributed by atoms with Crippen LogP contribution in [0, 0.1) is 0 Å². The van der Waals surface area contributed by atoms with Gasteiger partial charge in [-0.2, -0.15) is 0 Å². The lowest BCUT2D eigenvalue weighted by atomic mass is 10.1. The Morgan fingerprint density at radius 1 is 1.25 bits per heavy atom. The molecule has 0 amide bonds. The van der Waals surface area contributed by atoms with Gasteiger partial charge in [0.25, 0.3) is 0 Å². The minimum atomic E-state index is 0.404. The first kappa shape index (κ1) is 11.4. The van der Waals surface area contributed by atoms with E-state index in [4.69, 9.17) is 0 Å². The minimum absolute atomic E-state index is 0.404. The zero-order chi connectivity index (χ0) is 11.5. The lowest BCUT2D eigenvalue weighted by Crippen LogP contribution is -2.53. The molecule has 3 nitrogen and oxygen atoms in total. The van der Waals surface area contributed by atoms with Crippen LogP contribution in [-0.4, -0.2) is 35.2 Å². The molecule has 1 aliphatic rings. The van der Waals surface area contributed by atoms with Crippen LogP contribution in [0.1, 0.15) is 19.4 Å². The Morgan fingerprint density at radius 3 is 2.50 bits per heavy atom. The molecular weight excluding hydrogens is 200 g/mol. The number of nitrogens with one attached hydrogen (secondary N) is 1. The second-order valence-electron chi connectivity index (χ2n) is 4.79. The fraction of sp³-hybridized carbons (Fsp3) is 0.538. The van der Waals surface area contributed by atoms with E-state index in [1.165, 1.54) is 0 Å². The van der Waals surface area contributed by atoms with Crippen LogP contribution in [0.3, 0.4) is 0 Å². The average molecular weight is 220 g/mol. The Bertz CT molecular complexity index is 344. The van der Waals surface area contributed by atoms with E-state index < -0.39 is 0 Å². The van der Waals surface area contributed by atoms with Crippen LogP contribution in [0.5, 0.6) is 5.75 Å². The summed E-state index contributed by atoms with van der Waals surface area (Å²) in [6, 6.07) is 8.63. The molecule has 88 valence electrons. The van der Waals surface area contributed by atoms with Crippen molar-refractivity contribution < 1.29 is 5.11 Å². The first-order valence-corrected chi connectivity index (χ1v) is 5.90. The number of phenolic OH excluding ortho intramolecular Hbond substituents is 1. The van der Waals surface area contributed by atoms with Gasteiger partial charge in [-0.05, 0) is 19.9 Å². The summed E-state index contributed by atoms with van der Waals surface area (Å²) in [5.74, 6) is 0.404. The van der Waals surface area contributed by atoms with Crippen molar-refractivity contribution >= 4 is 0 Å². The normalized spacial score (nSPS) is 26.9. The van der Waals surface area contributed by atoms with Gasteiger partial charge in [0.05, 0.1) is 0 Å². The molecule has 0 spiro atoms. The zero-order valence-corrected chi connectivity index (χ0v) is 9.98. The van der Waals surface area contributed by atoms with Crippen molar-refractivity contribution in [3.8, 4) is 5.75 Å². The highest BCUT2D eigenvalue weighted by Gasteiger charge is 2.21. The van der Waals surface area contributed by atoms with Gasteiger partial charge in [0, 0.05) is 37.3 Å². The van der Waals surface area contributed by atoms with Gasteiger partial charge in [0.2, 0.25) is 0 Å². The van der Waals surface area contributed by atoms with Crippen LogP contribution in [-0.2, 0) is 6.54 Å². The molecule has 0 radical (unpaired) electrons. The molecule has 0 saturated carbocycles. The number of hydrogen-bond acceptors (Lipinski definition) is 3. The molecule has 1 aromatic carbocycles. The Morgan fingerprint density at radius 2 is 1.88 bits per heavy atom. The van der Waals surface area contributed by atoms with Crippen LogP contribution >= 0.6 is 0 Å². The van der Waals surface area contributed by atoms with Crippen molar-refractivity contribution in [1.29, 1.82) is 0 Å². The molecule has 0 aromatic heterocycles. The van der Waals surface area contributed by atoms with E-state index >= 15 is 0 Å². The highest BCUT2D eigenvalue weighted by atomic mass is 16.3. The molecule has 2 rings (SSSR count). The third kappa shape index (κ3) is 2.74. The van der Waals surface area contributed by atoms with E-state index in [1.807, 2.05) is 18.2 Å². The van der Waals surface area contributed by atoms with Crippen molar-refractivity contribution in [2.45, 2.75) is 32.5 Å². The van der Waals surface area contributed by atoms with Crippen molar-refractivity contribution in [2.75, 3.05) is 13.1 Å². The lowest BCUT2D eigenvalue weighted by Gasteiger charge is -2.36. The van der Waals surface area contributed by atoms with E-state index in [0.717, 1.165) is 25.2 Å².